The fourth-order valence-electron chi connectivity index (χ4n) is 0.945. The molecule has 0 unspecified atom stereocenters. The summed E-state index contributed by atoms with van der Waals surface area (Å²) in [5.74, 6) is 5.02. The van der Waals surface area contributed by atoms with Gasteiger partial charge in [-0.1, -0.05) is 12.1 Å². The lowest BCUT2D eigenvalue weighted by atomic mass is 10.2. The Morgan fingerprint density at radius 3 is 2.25 bits per heavy atom. The summed E-state index contributed by atoms with van der Waals surface area (Å²) in [4.78, 5) is 2.05. The van der Waals surface area contributed by atoms with Crippen LogP contribution in [0.1, 0.15) is 5.56 Å². The summed E-state index contributed by atoms with van der Waals surface area (Å²) in [5.41, 5.74) is 2.19. The molecule has 0 bridgehead atoms. The molecule has 0 saturated carbocycles. The zero-order valence-corrected chi connectivity index (χ0v) is 7.36. The number of hydrazone groups is 1. The maximum absolute atomic E-state index is 5.02. The summed E-state index contributed by atoms with van der Waals surface area (Å²) in [5, 5.41) is 3.44. The molecule has 0 atom stereocenters. The van der Waals surface area contributed by atoms with E-state index in [0.29, 0.717) is 0 Å². The van der Waals surface area contributed by atoms with E-state index in [9.17, 15) is 0 Å². The van der Waals surface area contributed by atoms with E-state index in [2.05, 4.69) is 5.10 Å². The number of hydrogen-bond acceptors (Lipinski definition) is 3. The minimum Gasteiger partial charge on any atom is -0.378 e. The van der Waals surface area contributed by atoms with Gasteiger partial charge in [0.25, 0.3) is 0 Å². The maximum atomic E-state index is 5.02. The van der Waals surface area contributed by atoms with Crippen LogP contribution in [0.3, 0.4) is 0 Å². The van der Waals surface area contributed by atoms with E-state index in [1.165, 1.54) is 5.69 Å². The first-order valence-corrected chi connectivity index (χ1v) is 3.74. The second-order valence-corrected chi connectivity index (χ2v) is 2.76. The molecule has 0 aliphatic carbocycles. The highest BCUT2D eigenvalue weighted by Gasteiger charge is 1.92. The Morgan fingerprint density at radius 2 is 1.83 bits per heavy atom. The molecule has 12 heavy (non-hydrogen) atoms. The molecule has 0 saturated heterocycles. The average Bonchev–Trinajstić information content (AvgIpc) is 2.06. The van der Waals surface area contributed by atoms with Gasteiger partial charge in [0, 0.05) is 19.8 Å². The number of rotatable bonds is 2. The summed E-state index contributed by atoms with van der Waals surface area (Å²) in [6.07, 6.45) is 1.62. The third kappa shape index (κ3) is 1.99. The molecule has 0 aliphatic rings. The molecule has 0 aromatic heterocycles. The minimum absolute atomic E-state index is 1.02. The first kappa shape index (κ1) is 8.59. The lowest BCUT2D eigenvalue weighted by molar-refractivity contribution is 1.13. The van der Waals surface area contributed by atoms with Crippen LogP contribution in [0.25, 0.3) is 0 Å². The van der Waals surface area contributed by atoms with Gasteiger partial charge in [-0.2, -0.15) is 5.10 Å². The lowest BCUT2D eigenvalue weighted by Crippen LogP contribution is -2.08. The van der Waals surface area contributed by atoms with E-state index in [1.807, 2.05) is 43.3 Å². The van der Waals surface area contributed by atoms with Crippen LogP contribution >= 0.6 is 0 Å². The molecule has 1 aromatic rings. The summed E-state index contributed by atoms with van der Waals surface area (Å²) in [6, 6.07) is 8.01. The van der Waals surface area contributed by atoms with Crippen LogP contribution in [0.2, 0.25) is 0 Å². The Morgan fingerprint density at radius 1 is 1.25 bits per heavy atom. The van der Waals surface area contributed by atoms with Crippen LogP contribution in [0.15, 0.2) is 29.4 Å². The van der Waals surface area contributed by atoms with Crippen LogP contribution < -0.4 is 10.7 Å². The van der Waals surface area contributed by atoms with Crippen molar-refractivity contribution in [3.8, 4) is 0 Å². The Bertz CT molecular complexity index is 262. The summed E-state index contributed by atoms with van der Waals surface area (Å²) in [7, 11) is 4.01. The highest BCUT2D eigenvalue weighted by molar-refractivity contribution is 5.80. The molecule has 0 radical (unpaired) electrons. The van der Waals surface area contributed by atoms with Crippen molar-refractivity contribution in [1.82, 2.24) is 0 Å². The van der Waals surface area contributed by atoms with Crippen LogP contribution in [0.4, 0.5) is 5.69 Å². The largest absolute Gasteiger partial charge is 0.378 e. The van der Waals surface area contributed by atoms with Gasteiger partial charge in [0.2, 0.25) is 0 Å². The average molecular weight is 163 g/mol. The maximum Gasteiger partial charge on any atom is 0.0538 e. The Hall–Kier alpha value is -1.51. The molecule has 0 fully saturated rings. The summed E-state index contributed by atoms with van der Waals surface area (Å²) >= 11 is 0. The van der Waals surface area contributed by atoms with Crippen LogP contribution in [0, 0.1) is 0 Å². The van der Waals surface area contributed by atoms with Gasteiger partial charge in [-0.15, -0.1) is 0 Å². The zero-order chi connectivity index (χ0) is 8.97. The SMILES string of the molecule is CN(C)c1ccc(C=NN)cc1. The van der Waals surface area contributed by atoms with Gasteiger partial charge in [-0.05, 0) is 17.7 Å². The van der Waals surface area contributed by atoms with Crippen molar-refractivity contribution in [1.29, 1.82) is 0 Å². The van der Waals surface area contributed by atoms with E-state index in [0.717, 1.165) is 5.56 Å². The third-order valence-corrected chi connectivity index (χ3v) is 1.63. The minimum atomic E-state index is 1.02. The third-order valence-electron chi connectivity index (χ3n) is 1.63. The summed E-state index contributed by atoms with van der Waals surface area (Å²) < 4.78 is 0. The quantitative estimate of drug-likeness (QED) is 0.402. The van der Waals surface area contributed by atoms with Crippen molar-refractivity contribution >= 4 is 11.9 Å². The fourth-order valence-corrected chi connectivity index (χ4v) is 0.945. The molecule has 64 valence electrons. The smallest absolute Gasteiger partial charge is 0.0538 e. The number of benzene rings is 1. The van der Waals surface area contributed by atoms with Gasteiger partial charge in [-0.3, -0.25) is 0 Å². The fraction of sp³-hybridized carbons (Fsp3) is 0.222. The Labute approximate surface area is 72.5 Å². The molecule has 0 amide bonds. The summed E-state index contributed by atoms with van der Waals surface area (Å²) in [6.45, 7) is 0. The van der Waals surface area contributed by atoms with Crippen LogP contribution in [-0.4, -0.2) is 20.3 Å². The van der Waals surface area contributed by atoms with Crippen molar-refractivity contribution < 1.29 is 0 Å². The molecule has 1 aromatic carbocycles. The predicted molar refractivity (Wildman–Crippen MR) is 52.6 cm³/mol. The molecular formula is C9H13N3. The van der Waals surface area contributed by atoms with E-state index in [4.69, 9.17) is 5.84 Å². The molecule has 0 aliphatic heterocycles. The Kier molecular flexibility index (Phi) is 2.69. The molecule has 3 heteroatoms. The molecule has 0 spiro atoms. The number of anilines is 1. The molecule has 3 nitrogen and oxygen atoms in total. The van der Waals surface area contributed by atoms with E-state index >= 15 is 0 Å². The second-order valence-electron chi connectivity index (χ2n) is 2.76. The molecule has 2 N–H and O–H groups in total. The first-order chi connectivity index (χ1) is 5.74. The first-order valence-electron chi connectivity index (χ1n) is 3.74. The zero-order valence-electron chi connectivity index (χ0n) is 7.36. The molecule has 0 heterocycles. The van der Waals surface area contributed by atoms with Gasteiger partial charge in [0.15, 0.2) is 0 Å². The van der Waals surface area contributed by atoms with Crippen molar-refractivity contribution in [2.45, 2.75) is 0 Å². The van der Waals surface area contributed by atoms with Crippen LogP contribution in [0.5, 0.6) is 0 Å². The second kappa shape index (κ2) is 3.76. The highest BCUT2D eigenvalue weighted by atomic mass is 15.1. The van der Waals surface area contributed by atoms with Gasteiger partial charge < -0.3 is 10.7 Å². The normalized spacial score (nSPS) is 10.5. The van der Waals surface area contributed by atoms with Crippen molar-refractivity contribution in [2.24, 2.45) is 10.9 Å². The topological polar surface area (TPSA) is 41.6 Å². The standard InChI is InChI=1S/C9H13N3/c1-12(2)9-5-3-8(4-6-9)7-11-10/h3-7H,10H2,1-2H3. The predicted octanol–water partition coefficient (Wildman–Crippen LogP) is 1.05. The number of nitrogens with zero attached hydrogens (tertiary/aromatic N) is 2. The highest BCUT2D eigenvalue weighted by Crippen LogP contribution is 2.10. The Balaban J connectivity index is 2.85. The van der Waals surface area contributed by atoms with Gasteiger partial charge in [0.1, 0.15) is 0 Å². The number of hydrogen-bond donors (Lipinski definition) is 1. The van der Waals surface area contributed by atoms with E-state index < -0.39 is 0 Å². The van der Waals surface area contributed by atoms with E-state index in [1.54, 1.807) is 6.21 Å². The lowest BCUT2D eigenvalue weighted by Gasteiger charge is -2.11. The van der Waals surface area contributed by atoms with Crippen molar-refractivity contribution in [3.63, 3.8) is 0 Å². The van der Waals surface area contributed by atoms with Gasteiger partial charge in [-0.25, -0.2) is 0 Å². The van der Waals surface area contributed by atoms with Crippen LogP contribution in [-0.2, 0) is 0 Å². The molecular weight excluding hydrogens is 150 g/mol. The molecule has 1 rings (SSSR count). The van der Waals surface area contributed by atoms with Gasteiger partial charge in [0.05, 0.1) is 6.21 Å². The van der Waals surface area contributed by atoms with Gasteiger partial charge >= 0.3 is 0 Å². The van der Waals surface area contributed by atoms with E-state index in [-0.39, 0.29) is 0 Å². The van der Waals surface area contributed by atoms with Crippen molar-refractivity contribution in [2.75, 3.05) is 19.0 Å². The monoisotopic (exact) mass is 163 g/mol. The number of nitrogens with two attached hydrogens (primary N) is 1. The van der Waals surface area contributed by atoms with Crippen molar-refractivity contribution in [3.05, 3.63) is 29.8 Å².